The fraction of sp³-hybridized carbons (Fsp3) is 0.222. The summed E-state index contributed by atoms with van der Waals surface area (Å²) in [6, 6.07) is 14.7. The van der Waals surface area contributed by atoms with Crippen molar-refractivity contribution in [3.63, 3.8) is 0 Å². The average Bonchev–Trinajstić information content (AvgIpc) is 2.54. The molecular formula is C18H18FN3O. The number of nitriles is 1. The third-order valence-corrected chi connectivity index (χ3v) is 3.59. The van der Waals surface area contributed by atoms with E-state index in [9.17, 15) is 9.18 Å². The molecule has 0 aliphatic rings. The van der Waals surface area contributed by atoms with Crippen molar-refractivity contribution in [2.24, 2.45) is 0 Å². The summed E-state index contributed by atoms with van der Waals surface area (Å²) in [6.07, 6.45) is 0. The van der Waals surface area contributed by atoms with Crippen molar-refractivity contribution in [3.8, 4) is 6.07 Å². The van der Waals surface area contributed by atoms with Crippen LogP contribution in [0.5, 0.6) is 0 Å². The number of nitrogens with one attached hydrogen (secondary N) is 1. The summed E-state index contributed by atoms with van der Waals surface area (Å²) in [7, 11) is 3.76. The van der Waals surface area contributed by atoms with Gasteiger partial charge in [-0.05, 0) is 56.1 Å². The highest BCUT2D eigenvalue weighted by molar-refractivity contribution is 5.94. The Balaban J connectivity index is 2.06. The minimum absolute atomic E-state index is 0.131. The van der Waals surface area contributed by atoms with Gasteiger partial charge in [-0.1, -0.05) is 12.1 Å². The van der Waals surface area contributed by atoms with Crippen LogP contribution in [0.15, 0.2) is 48.5 Å². The number of hydrogen-bond acceptors (Lipinski definition) is 3. The number of rotatable bonds is 5. The molecule has 0 heterocycles. The number of hydrogen-bond donors (Lipinski definition) is 1. The molecule has 2 aromatic carbocycles. The average molecular weight is 311 g/mol. The second-order valence-corrected chi connectivity index (χ2v) is 5.43. The summed E-state index contributed by atoms with van der Waals surface area (Å²) in [5, 5.41) is 11.6. The van der Waals surface area contributed by atoms with Crippen molar-refractivity contribution in [1.82, 2.24) is 10.2 Å². The van der Waals surface area contributed by atoms with Gasteiger partial charge >= 0.3 is 0 Å². The van der Waals surface area contributed by atoms with Crippen molar-refractivity contribution in [2.45, 2.75) is 6.04 Å². The van der Waals surface area contributed by atoms with E-state index in [4.69, 9.17) is 5.26 Å². The number of likely N-dealkylation sites (N-methyl/N-ethyl adjacent to an activating group) is 1. The van der Waals surface area contributed by atoms with E-state index >= 15 is 0 Å². The molecule has 23 heavy (non-hydrogen) atoms. The van der Waals surface area contributed by atoms with E-state index in [1.807, 2.05) is 31.1 Å². The van der Waals surface area contributed by atoms with Crippen molar-refractivity contribution in [3.05, 3.63) is 71.0 Å². The van der Waals surface area contributed by atoms with Gasteiger partial charge in [-0.2, -0.15) is 5.26 Å². The number of nitrogens with zero attached hydrogens (tertiary/aromatic N) is 2. The lowest BCUT2D eigenvalue weighted by Gasteiger charge is -2.25. The Kier molecular flexibility index (Phi) is 5.45. The zero-order chi connectivity index (χ0) is 16.8. The molecule has 0 aliphatic heterocycles. The molecule has 1 unspecified atom stereocenters. The van der Waals surface area contributed by atoms with Crippen LogP contribution >= 0.6 is 0 Å². The highest BCUT2D eigenvalue weighted by atomic mass is 19.1. The second kappa shape index (κ2) is 7.52. The number of benzene rings is 2. The molecule has 4 nitrogen and oxygen atoms in total. The number of carbonyl (C=O) groups excluding carboxylic acids is 1. The maximum Gasteiger partial charge on any atom is 0.251 e. The lowest BCUT2D eigenvalue weighted by molar-refractivity contribution is 0.0942. The molecule has 0 aromatic heterocycles. The Morgan fingerprint density at radius 3 is 2.52 bits per heavy atom. The van der Waals surface area contributed by atoms with Crippen LogP contribution in [0.4, 0.5) is 4.39 Å². The van der Waals surface area contributed by atoms with Gasteiger partial charge in [0.1, 0.15) is 5.82 Å². The van der Waals surface area contributed by atoms with Crippen molar-refractivity contribution >= 4 is 5.91 Å². The predicted octanol–water partition coefficient (Wildman–Crippen LogP) is 2.73. The first-order valence-corrected chi connectivity index (χ1v) is 7.21. The molecule has 1 N–H and O–H groups in total. The van der Waals surface area contributed by atoms with Crippen LogP contribution < -0.4 is 5.32 Å². The van der Waals surface area contributed by atoms with Crippen LogP contribution in [0.2, 0.25) is 0 Å². The van der Waals surface area contributed by atoms with E-state index in [0.29, 0.717) is 17.7 Å². The van der Waals surface area contributed by atoms with Gasteiger partial charge in [0.15, 0.2) is 0 Å². The number of amides is 1. The maximum atomic E-state index is 13.4. The predicted molar refractivity (Wildman–Crippen MR) is 86.3 cm³/mol. The Morgan fingerprint density at radius 1 is 1.26 bits per heavy atom. The Morgan fingerprint density at radius 2 is 1.96 bits per heavy atom. The summed E-state index contributed by atoms with van der Waals surface area (Å²) >= 11 is 0. The Hall–Kier alpha value is -2.71. The second-order valence-electron chi connectivity index (χ2n) is 5.43. The van der Waals surface area contributed by atoms with Gasteiger partial charge in [-0.25, -0.2) is 4.39 Å². The summed E-state index contributed by atoms with van der Waals surface area (Å²) < 4.78 is 13.4. The van der Waals surface area contributed by atoms with Crippen LogP contribution in [0.1, 0.15) is 27.5 Å². The zero-order valence-corrected chi connectivity index (χ0v) is 13.1. The van der Waals surface area contributed by atoms with Gasteiger partial charge < -0.3 is 10.2 Å². The van der Waals surface area contributed by atoms with E-state index in [2.05, 4.69) is 5.32 Å². The SMILES string of the molecule is CN(C)C(CNC(=O)c1ccc(C#N)cc1)c1cccc(F)c1. The van der Waals surface area contributed by atoms with Gasteiger partial charge in [0.2, 0.25) is 0 Å². The normalized spacial score (nSPS) is 11.8. The first-order chi connectivity index (χ1) is 11.0. The number of carbonyl (C=O) groups is 1. The monoisotopic (exact) mass is 311 g/mol. The van der Waals surface area contributed by atoms with Gasteiger partial charge in [-0.3, -0.25) is 4.79 Å². The van der Waals surface area contributed by atoms with Gasteiger partial charge in [0.25, 0.3) is 5.91 Å². The largest absolute Gasteiger partial charge is 0.350 e. The van der Waals surface area contributed by atoms with E-state index in [-0.39, 0.29) is 17.8 Å². The van der Waals surface area contributed by atoms with Crippen LogP contribution in [0, 0.1) is 17.1 Å². The fourth-order valence-electron chi connectivity index (χ4n) is 2.30. The van der Waals surface area contributed by atoms with Gasteiger partial charge in [-0.15, -0.1) is 0 Å². The van der Waals surface area contributed by atoms with Crippen LogP contribution in [-0.4, -0.2) is 31.4 Å². The van der Waals surface area contributed by atoms with E-state index in [1.165, 1.54) is 12.1 Å². The molecule has 0 bridgehead atoms. The van der Waals surface area contributed by atoms with Crippen molar-refractivity contribution in [1.29, 1.82) is 5.26 Å². The van der Waals surface area contributed by atoms with Crippen LogP contribution in [-0.2, 0) is 0 Å². The van der Waals surface area contributed by atoms with Gasteiger partial charge in [0.05, 0.1) is 17.7 Å². The lowest BCUT2D eigenvalue weighted by Crippen LogP contribution is -2.34. The molecule has 118 valence electrons. The van der Waals surface area contributed by atoms with E-state index in [0.717, 1.165) is 5.56 Å². The summed E-state index contributed by atoms with van der Waals surface area (Å²) in [4.78, 5) is 14.1. The third-order valence-electron chi connectivity index (χ3n) is 3.59. The van der Waals surface area contributed by atoms with Gasteiger partial charge in [0, 0.05) is 12.1 Å². The zero-order valence-electron chi connectivity index (χ0n) is 13.1. The molecule has 5 heteroatoms. The topological polar surface area (TPSA) is 56.1 Å². The molecule has 0 radical (unpaired) electrons. The Bertz CT molecular complexity index is 720. The molecule has 1 atom stereocenters. The highest BCUT2D eigenvalue weighted by Gasteiger charge is 2.16. The third kappa shape index (κ3) is 4.38. The molecular weight excluding hydrogens is 293 g/mol. The quantitative estimate of drug-likeness (QED) is 0.923. The smallest absolute Gasteiger partial charge is 0.251 e. The Labute approximate surface area is 135 Å². The first-order valence-electron chi connectivity index (χ1n) is 7.21. The summed E-state index contributed by atoms with van der Waals surface area (Å²) in [5.41, 5.74) is 1.79. The first kappa shape index (κ1) is 16.7. The summed E-state index contributed by atoms with van der Waals surface area (Å²) in [6.45, 7) is 0.356. The number of halogens is 1. The molecule has 0 aliphatic carbocycles. The molecule has 0 spiro atoms. The highest BCUT2D eigenvalue weighted by Crippen LogP contribution is 2.18. The minimum Gasteiger partial charge on any atom is -0.350 e. The van der Waals surface area contributed by atoms with Crippen LogP contribution in [0.25, 0.3) is 0 Å². The van der Waals surface area contributed by atoms with E-state index < -0.39 is 0 Å². The standard InChI is InChI=1S/C18H18FN3O/c1-22(2)17(15-4-3-5-16(19)10-15)12-21-18(23)14-8-6-13(11-20)7-9-14/h3-10,17H,12H2,1-2H3,(H,21,23). The molecule has 2 aromatic rings. The minimum atomic E-state index is -0.298. The van der Waals surface area contributed by atoms with Crippen molar-refractivity contribution in [2.75, 3.05) is 20.6 Å². The molecule has 1 amide bonds. The fourth-order valence-corrected chi connectivity index (χ4v) is 2.30. The summed E-state index contributed by atoms with van der Waals surface area (Å²) in [5.74, 6) is -0.523. The molecule has 0 saturated carbocycles. The molecule has 0 saturated heterocycles. The van der Waals surface area contributed by atoms with E-state index in [1.54, 1.807) is 30.3 Å². The molecule has 2 rings (SSSR count). The van der Waals surface area contributed by atoms with Crippen LogP contribution in [0.3, 0.4) is 0 Å². The molecule has 0 fully saturated rings. The maximum absolute atomic E-state index is 13.4. The van der Waals surface area contributed by atoms with Crippen molar-refractivity contribution < 1.29 is 9.18 Å². The lowest BCUT2D eigenvalue weighted by atomic mass is 10.1.